The van der Waals surface area contributed by atoms with Gasteiger partial charge in [0, 0.05) is 11.6 Å². The van der Waals surface area contributed by atoms with Crippen molar-refractivity contribution in [1.29, 1.82) is 0 Å². The molecule has 2 rings (SSSR count). The van der Waals surface area contributed by atoms with Gasteiger partial charge in [-0.3, -0.25) is 4.79 Å². The highest BCUT2D eigenvalue weighted by Gasteiger charge is 2.23. The summed E-state index contributed by atoms with van der Waals surface area (Å²) in [7, 11) is 3.18. The van der Waals surface area contributed by atoms with Gasteiger partial charge in [0.25, 0.3) is 0 Å². The van der Waals surface area contributed by atoms with E-state index in [9.17, 15) is 4.79 Å². The zero-order valence-corrected chi connectivity index (χ0v) is 11.3. The number of ether oxygens (including phenoxy) is 3. The third kappa shape index (κ3) is 3.38. The second-order valence-corrected chi connectivity index (χ2v) is 4.43. The second-order valence-electron chi connectivity index (χ2n) is 4.43. The van der Waals surface area contributed by atoms with Gasteiger partial charge >= 0.3 is 5.97 Å². The van der Waals surface area contributed by atoms with Crippen LogP contribution in [0.1, 0.15) is 18.4 Å². The van der Waals surface area contributed by atoms with Gasteiger partial charge in [0.1, 0.15) is 24.1 Å². The molecule has 5 heteroatoms. The lowest BCUT2D eigenvalue weighted by Gasteiger charge is -2.13. The summed E-state index contributed by atoms with van der Waals surface area (Å²) in [6, 6.07) is 5.27. The Kier molecular flexibility index (Phi) is 4.63. The first-order chi connectivity index (χ1) is 9.24. The lowest BCUT2D eigenvalue weighted by Crippen LogP contribution is -2.32. The van der Waals surface area contributed by atoms with Crippen LogP contribution in [0.25, 0.3) is 0 Å². The molecule has 1 fully saturated rings. The molecule has 19 heavy (non-hydrogen) atoms. The van der Waals surface area contributed by atoms with E-state index < -0.39 is 0 Å². The third-order valence-electron chi connectivity index (χ3n) is 3.21. The highest BCUT2D eigenvalue weighted by Crippen LogP contribution is 2.25. The van der Waals surface area contributed by atoms with Crippen molar-refractivity contribution >= 4 is 5.97 Å². The molecule has 1 saturated heterocycles. The van der Waals surface area contributed by atoms with E-state index in [2.05, 4.69) is 5.32 Å². The van der Waals surface area contributed by atoms with Crippen molar-refractivity contribution in [1.82, 2.24) is 5.32 Å². The van der Waals surface area contributed by atoms with Crippen LogP contribution in [0.2, 0.25) is 0 Å². The monoisotopic (exact) mass is 265 g/mol. The molecule has 1 aromatic carbocycles. The molecular weight excluding hydrogens is 246 g/mol. The predicted octanol–water partition coefficient (Wildman–Crippen LogP) is 1.50. The zero-order chi connectivity index (χ0) is 13.7. The summed E-state index contributed by atoms with van der Waals surface area (Å²) in [6.45, 7) is 1.09. The molecule has 1 aromatic rings. The van der Waals surface area contributed by atoms with Gasteiger partial charge in [-0.05, 0) is 31.5 Å². The molecule has 104 valence electrons. The highest BCUT2D eigenvalue weighted by atomic mass is 16.5. The summed E-state index contributed by atoms with van der Waals surface area (Å²) in [5.74, 6) is 1.17. The van der Waals surface area contributed by atoms with E-state index >= 15 is 0 Å². The van der Waals surface area contributed by atoms with E-state index in [0.717, 1.165) is 24.9 Å². The Morgan fingerprint density at radius 3 is 2.84 bits per heavy atom. The molecule has 1 heterocycles. The van der Waals surface area contributed by atoms with Gasteiger partial charge in [0.05, 0.1) is 14.2 Å². The van der Waals surface area contributed by atoms with Crippen molar-refractivity contribution < 1.29 is 19.0 Å². The topological polar surface area (TPSA) is 56.8 Å². The van der Waals surface area contributed by atoms with Crippen LogP contribution in [0, 0.1) is 0 Å². The minimum absolute atomic E-state index is 0.163. The summed E-state index contributed by atoms with van der Waals surface area (Å²) in [6.07, 6.45) is 1.87. The summed E-state index contributed by atoms with van der Waals surface area (Å²) in [5.41, 5.74) is 0.828. The van der Waals surface area contributed by atoms with Crippen molar-refractivity contribution in [3.63, 3.8) is 0 Å². The Bertz CT molecular complexity index is 441. The number of hydrogen-bond acceptors (Lipinski definition) is 5. The van der Waals surface area contributed by atoms with E-state index in [1.165, 1.54) is 0 Å². The van der Waals surface area contributed by atoms with Crippen molar-refractivity contribution in [3.8, 4) is 11.5 Å². The Hall–Kier alpha value is -1.75. The standard InChI is InChI=1S/C14H19NO4/c1-17-11-6-5-10(13(8-11)18-2)9-19-14(16)12-4-3-7-15-12/h5-6,8,12,15H,3-4,7,9H2,1-2H3. The largest absolute Gasteiger partial charge is 0.497 e. The summed E-state index contributed by atoms with van der Waals surface area (Å²) in [5, 5.41) is 3.11. The quantitative estimate of drug-likeness (QED) is 0.818. The van der Waals surface area contributed by atoms with Gasteiger partial charge in [-0.2, -0.15) is 0 Å². The predicted molar refractivity (Wildman–Crippen MR) is 70.4 cm³/mol. The smallest absolute Gasteiger partial charge is 0.323 e. The Balaban J connectivity index is 1.96. The van der Waals surface area contributed by atoms with Crippen LogP contribution < -0.4 is 14.8 Å². The fraction of sp³-hybridized carbons (Fsp3) is 0.500. The molecule has 0 bridgehead atoms. The first-order valence-electron chi connectivity index (χ1n) is 6.35. The molecule has 1 N–H and O–H groups in total. The molecule has 1 atom stereocenters. The van der Waals surface area contributed by atoms with Crippen molar-refractivity contribution in [2.24, 2.45) is 0 Å². The van der Waals surface area contributed by atoms with Crippen LogP contribution in [-0.2, 0) is 16.1 Å². The van der Waals surface area contributed by atoms with Crippen LogP contribution in [0.4, 0.5) is 0 Å². The average molecular weight is 265 g/mol. The lowest BCUT2D eigenvalue weighted by molar-refractivity contribution is -0.147. The Labute approximate surface area is 112 Å². The number of carbonyl (C=O) groups excluding carboxylic acids is 1. The number of benzene rings is 1. The van der Waals surface area contributed by atoms with Crippen molar-refractivity contribution in [2.75, 3.05) is 20.8 Å². The van der Waals surface area contributed by atoms with E-state index in [4.69, 9.17) is 14.2 Å². The molecule has 0 amide bonds. The summed E-state index contributed by atoms with van der Waals surface area (Å²) >= 11 is 0. The SMILES string of the molecule is COc1ccc(COC(=O)C2CCCN2)c(OC)c1. The van der Waals surface area contributed by atoms with Gasteiger partial charge < -0.3 is 19.5 Å². The maximum absolute atomic E-state index is 11.8. The third-order valence-corrected chi connectivity index (χ3v) is 3.21. The van der Waals surface area contributed by atoms with Gasteiger partial charge in [-0.15, -0.1) is 0 Å². The first-order valence-corrected chi connectivity index (χ1v) is 6.35. The van der Waals surface area contributed by atoms with Crippen molar-refractivity contribution in [3.05, 3.63) is 23.8 Å². The molecule has 0 spiro atoms. The molecule has 0 aliphatic carbocycles. The minimum Gasteiger partial charge on any atom is -0.497 e. The first kappa shape index (κ1) is 13.7. The van der Waals surface area contributed by atoms with Gasteiger partial charge in [-0.1, -0.05) is 0 Å². The van der Waals surface area contributed by atoms with E-state index in [0.29, 0.717) is 11.5 Å². The van der Waals surface area contributed by atoms with Crippen LogP contribution in [-0.4, -0.2) is 32.8 Å². The highest BCUT2D eigenvalue weighted by molar-refractivity contribution is 5.76. The summed E-state index contributed by atoms with van der Waals surface area (Å²) < 4.78 is 15.7. The average Bonchev–Trinajstić information content (AvgIpc) is 2.98. The molecule has 1 aliphatic rings. The minimum atomic E-state index is -0.199. The van der Waals surface area contributed by atoms with Crippen LogP contribution in [0.3, 0.4) is 0 Å². The van der Waals surface area contributed by atoms with E-state index in [1.54, 1.807) is 20.3 Å². The fourth-order valence-corrected chi connectivity index (χ4v) is 2.11. The Morgan fingerprint density at radius 2 is 2.21 bits per heavy atom. The number of carbonyl (C=O) groups is 1. The molecule has 1 aliphatic heterocycles. The molecular formula is C14H19NO4. The molecule has 0 saturated carbocycles. The van der Waals surface area contributed by atoms with Crippen LogP contribution in [0.15, 0.2) is 18.2 Å². The number of nitrogens with one attached hydrogen (secondary N) is 1. The Morgan fingerprint density at radius 1 is 1.37 bits per heavy atom. The molecule has 1 unspecified atom stereocenters. The number of hydrogen-bond donors (Lipinski definition) is 1. The van der Waals surface area contributed by atoms with Gasteiger partial charge in [0.15, 0.2) is 0 Å². The maximum atomic E-state index is 11.8. The van der Waals surface area contributed by atoms with Crippen LogP contribution in [0.5, 0.6) is 11.5 Å². The maximum Gasteiger partial charge on any atom is 0.323 e. The fourth-order valence-electron chi connectivity index (χ4n) is 2.11. The molecule has 5 nitrogen and oxygen atoms in total. The second kappa shape index (κ2) is 6.43. The lowest BCUT2D eigenvalue weighted by atomic mass is 10.2. The number of esters is 1. The molecule has 0 radical (unpaired) electrons. The molecule has 0 aromatic heterocycles. The summed E-state index contributed by atoms with van der Waals surface area (Å²) in [4.78, 5) is 11.8. The van der Waals surface area contributed by atoms with Gasteiger partial charge in [-0.25, -0.2) is 0 Å². The number of methoxy groups -OCH3 is 2. The van der Waals surface area contributed by atoms with Crippen molar-refractivity contribution in [2.45, 2.75) is 25.5 Å². The van der Waals surface area contributed by atoms with Crippen LogP contribution >= 0.6 is 0 Å². The van der Waals surface area contributed by atoms with E-state index in [-0.39, 0.29) is 18.6 Å². The number of rotatable bonds is 5. The normalized spacial score (nSPS) is 18.1. The van der Waals surface area contributed by atoms with Gasteiger partial charge in [0.2, 0.25) is 0 Å². The van der Waals surface area contributed by atoms with E-state index in [1.807, 2.05) is 12.1 Å². The zero-order valence-electron chi connectivity index (χ0n) is 11.3.